The molecule has 7 nitrogen and oxygen atoms in total. The van der Waals surface area contributed by atoms with Gasteiger partial charge >= 0.3 is 0 Å². The van der Waals surface area contributed by atoms with Gasteiger partial charge in [-0.05, 0) is 46.3 Å². The number of anilines is 1. The lowest BCUT2D eigenvalue weighted by Crippen LogP contribution is -2.30. The lowest BCUT2D eigenvalue weighted by molar-refractivity contribution is 0.102. The van der Waals surface area contributed by atoms with Gasteiger partial charge in [-0.25, -0.2) is 4.98 Å². The number of amidine groups is 1. The van der Waals surface area contributed by atoms with Crippen molar-refractivity contribution in [2.75, 3.05) is 18.5 Å². The molecule has 0 radical (unpaired) electrons. The average molecular weight is 414 g/mol. The van der Waals surface area contributed by atoms with E-state index in [9.17, 15) is 4.79 Å². The van der Waals surface area contributed by atoms with E-state index in [1.807, 2.05) is 0 Å². The van der Waals surface area contributed by atoms with Gasteiger partial charge in [0.2, 0.25) is 0 Å². The number of carbonyl (C=O) groups is 1. The summed E-state index contributed by atoms with van der Waals surface area (Å²) >= 11 is 3.41. The molecular weight excluding hydrogens is 398 g/mol. The molecule has 2 aromatic rings. The van der Waals surface area contributed by atoms with Crippen LogP contribution in [0.15, 0.2) is 53.0 Å². The zero-order valence-corrected chi connectivity index (χ0v) is 15.3. The number of benzene rings is 1. The highest BCUT2D eigenvalue weighted by Gasteiger charge is 2.17. The number of carbonyl (C=O) groups excluding carboxylic acids is 1. The second kappa shape index (κ2) is 7.92. The second-order valence-electron chi connectivity index (χ2n) is 5.39. The molecule has 0 spiro atoms. The number of hydrogen-bond acceptors (Lipinski definition) is 5. The van der Waals surface area contributed by atoms with E-state index in [0.717, 1.165) is 6.34 Å². The minimum atomic E-state index is -0.359. The van der Waals surface area contributed by atoms with Gasteiger partial charge in [-0.2, -0.15) is 0 Å². The van der Waals surface area contributed by atoms with Crippen molar-refractivity contribution in [2.24, 2.45) is 0 Å². The number of aromatic nitrogens is 1. The van der Waals surface area contributed by atoms with Gasteiger partial charge in [-0.1, -0.05) is 18.2 Å². The first-order valence-corrected chi connectivity index (χ1v) is 8.60. The first-order chi connectivity index (χ1) is 12.6. The van der Waals surface area contributed by atoms with Gasteiger partial charge in [0.05, 0.1) is 16.4 Å². The van der Waals surface area contributed by atoms with Crippen LogP contribution in [0, 0.1) is 10.8 Å². The van der Waals surface area contributed by atoms with E-state index in [2.05, 4.69) is 26.2 Å². The summed E-state index contributed by atoms with van der Waals surface area (Å²) in [4.78, 5) is 18.4. The Morgan fingerprint density at radius 1 is 1.23 bits per heavy atom. The fourth-order valence-electron chi connectivity index (χ4n) is 2.40. The van der Waals surface area contributed by atoms with Crippen LogP contribution in [0.5, 0.6) is 5.75 Å². The van der Waals surface area contributed by atoms with Gasteiger partial charge < -0.3 is 15.0 Å². The van der Waals surface area contributed by atoms with Crippen LogP contribution in [-0.4, -0.2) is 41.1 Å². The number of para-hydroxylation sites is 1. The molecule has 2 heterocycles. The zero-order chi connectivity index (χ0) is 18.5. The first-order valence-electron chi connectivity index (χ1n) is 7.81. The number of hydrogen-bond donors (Lipinski definition) is 3. The molecule has 0 aliphatic carbocycles. The number of amides is 1. The molecule has 0 fully saturated rings. The molecule has 3 rings (SSSR count). The average Bonchev–Trinajstić information content (AvgIpc) is 2.64. The predicted octanol–water partition coefficient (Wildman–Crippen LogP) is 3.28. The molecule has 26 heavy (non-hydrogen) atoms. The third-order valence-electron chi connectivity index (χ3n) is 3.68. The van der Waals surface area contributed by atoms with Gasteiger partial charge in [-0.3, -0.25) is 15.6 Å². The van der Waals surface area contributed by atoms with Crippen LogP contribution in [0.4, 0.5) is 5.82 Å². The highest BCUT2D eigenvalue weighted by molar-refractivity contribution is 9.10. The maximum absolute atomic E-state index is 12.7. The number of nitrogens with zero attached hydrogens (tertiary/aromatic N) is 2. The molecule has 1 aromatic carbocycles. The van der Waals surface area contributed by atoms with Gasteiger partial charge in [0.1, 0.15) is 23.9 Å². The Bertz CT molecular complexity index is 897. The summed E-state index contributed by atoms with van der Waals surface area (Å²) in [5.41, 5.74) is 0.746. The van der Waals surface area contributed by atoms with Crippen LogP contribution in [0.1, 0.15) is 16.1 Å². The van der Waals surface area contributed by atoms with E-state index in [1.165, 1.54) is 4.90 Å². The Labute approximate surface area is 158 Å². The van der Waals surface area contributed by atoms with Gasteiger partial charge in [0.15, 0.2) is 5.84 Å². The number of rotatable bonds is 1. The summed E-state index contributed by atoms with van der Waals surface area (Å²) in [6.45, 7) is 0.596. The molecule has 132 valence electrons. The van der Waals surface area contributed by atoms with E-state index >= 15 is 0 Å². The van der Waals surface area contributed by atoms with Crippen molar-refractivity contribution in [2.45, 2.75) is 0 Å². The Kier molecular flexibility index (Phi) is 5.43. The second-order valence-corrected chi connectivity index (χ2v) is 6.25. The Morgan fingerprint density at radius 2 is 2.04 bits per heavy atom. The van der Waals surface area contributed by atoms with Crippen molar-refractivity contribution < 1.29 is 9.53 Å². The van der Waals surface area contributed by atoms with E-state index in [0.29, 0.717) is 33.8 Å². The Balaban J connectivity index is 2.04. The van der Waals surface area contributed by atoms with Crippen molar-refractivity contribution >= 4 is 39.8 Å². The van der Waals surface area contributed by atoms with Crippen LogP contribution in [0.2, 0.25) is 0 Å². The SMILES string of the molecule is N=CN1C/C=C/COc2c(Br)cccc2C(=O)Nc2cccc(n2)C1=N. The molecule has 1 aromatic heterocycles. The molecule has 1 amide bonds. The normalized spacial score (nSPS) is 16.0. The fraction of sp³-hybridized carbons (Fsp3) is 0.111. The molecule has 0 atom stereocenters. The molecule has 0 saturated carbocycles. The quantitative estimate of drug-likeness (QED) is 0.379. The standard InChI is InChI=1S/C18H16BrN5O2/c19-13-6-3-5-12-16(13)26-10-2-1-9-24(11-20)17(21)14-7-4-8-15(22-14)23-18(12)25/h1-8,11,20-21H,9-10H2,(H,22,23,25)/b2-1+,20-11?,21-17?. The Morgan fingerprint density at radius 3 is 2.85 bits per heavy atom. The van der Waals surface area contributed by atoms with E-state index in [4.69, 9.17) is 15.6 Å². The molecule has 0 unspecified atom stereocenters. The van der Waals surface area contributed by atoms with E-state index in [1.54, 1.807) is 48.6 Å². The maximum Gasteiger partial charge on any atom is 0.260 e. The lowest BCUT2D eigenvalue weighted by atomic mass is 10.2. The molecule has 8 heteroatoms. The van der Waals surface area contributed by atoms with Crippen LogP contribution in [0.25, 0.3) is 0 Å². The zero-order valence-electron chi connectivity index (χ0n) is 13.7. The molecule has 3 N–H and O–H groups in total. The molecule has 1 aliphatic heterocycles. The Hall–Kier alpha value is -3.00. The highest BCUT2D eigenvalue weighted by Crippen LogP contribution is 2.29. The van der Waals surface area contributed by atoms with Gasteiger partial charge in [0, 0.05) is 6.54 Å². The minimum absolute atomic E-state index is 0.0712. The first kappa shape index (κ1) is 17.8. The molecular formula is C18H16BrN5O2. The number of fused-ring (bicyclic) bond motifs is 3. The third-order valence-corrected chi connectivity index (χ3v) is 4.31. The molecule has 2 bridgehead atoms. The predicted molar refractivity (Wildman–Crippen MR) is 103 cm³/mol. The monoisotopic (exact) mass is 413 g/mol. The van der Waals surface area contributed by atoms with Crippen molar-refractivity contribution in [3.63, 3.8) is 0 Å². The van der Waals surface area contributed by atoms with Crippen molar-refractivity contribution in [3.05, 3.63) is 64.3 Å². The maximum atomic E-state index is 12.7. The van der Waals surface area contributed by atoms with Crippen LogP contribution in [0.3, 0.4) is 0 Å². The third kappa shape index (κ3) is 3.80. The van der Waals surface area contributed by atoms with Crippen LogP contribution < -0.4 is 10.1 Å². The van der Waals surface area contributed by atoms with Crippen molar-refractivity contribution in [3.8, 4) is 5.75 Å². The summed E-state index contributed by atoms with van der Waals surface area (Å²) < 4.78 is 6.42. The minimum Gasteiger partial charge on any atom is -0.488 e. The van der Waals surface area contributed by atoms with Gasteiger partial charge in [-0.15, -0.1) is 0 Å². The molecule has 0 saturated heterocycles. The smallest absolute Gasteiger partial charge is 0.260 e. The van der Waals surface area contributed by atoms with Crippen molar-refractivity contribution in [1.29, 1.82) is 10.8 Å². The summed E-state index contributed by atoms with van der Waals surface area (Å²) in [5, 5.41) is 18.5. The largest absolute Gasteiger partial charge is 0.488 e. The highest BCUT2D eigenvalue weighted by atomic mass is 79.9. The summed E-state index contributed by atoms with van der Waals surface area (Å²) in [6.07, 6.45) is 4.64. The molecule has 1 aliphatic rings. The summed E-state index contributed by atoms with van der Waals surface area (Å²) in [7, 11) is 0. The summed E-state index contributed by atoms with van der Waals surface area (Å²) in [5.74, 6) is 0.476. The number of nitrogens with one attached hydrogen (secondary N) is 3. The number of pyridine rings is 1. The van der Waals surface area contributed by atoms with Crippen LogP contribution in [-0.2, 0) is 0 Å². The topological polar surface area (TPSA) is 102 Å². The van der Waals surface area contributed by atoms with E-state index < -0.39 is 0 Å². The van der Waals surface area contributed by atoms with Crippen molar-refractivity contribution in [1.82, 2.24) is 9.88 Å². The fourth-order valence-corrected chi connectivity index (χ4v) is 2.88. The lowest BCUT2D eigenvalue weighted by Gasteiger charge is -2.18. The number of ether oxygens (including phenoxy) is 1. The number of halogens is 1. The van der Waals surface area contributed by atoms with Gasteiger partial charge in [0.25, 0.3) is 5.91 Å². The van der Waals surface area contributed by atoms with E-state index in [-0.39, 0.29) is 18.3 Å². The summed E-state index contributed by atoms with van der Waals surface area (Å²) in [6, 6.07) is 10.2. The van der Waals surface area contributed by atoms with Crippen LogP contribution >= 0.6 is 15.9 Å².